The molecule has 1 amide bonds. The summed E-state index contributed by atoms with van der Waals surface area (Å²) in [4.78, 5) is 34.2. The van der Waals surface area contributed by atoms with Gasteiger partial charge in [-0.25, -0.2) is 4.79 Å². The minimum Gasteiger partial charge on any atom is -0.481 e. The number of aliphatic carboxylic acids is 1. The third kappa shape index (κ3) is 5.71. The average Bonchev–Trinajstić information content (AvgIpc) is 2.61. The van der Waals surface area contributed by atoms with E-state index in [2.05, 4.69) is 5.32 Å². The van der Waals surface area contributed by atoms with Gasteiger partial charge in [0, 0.05) is 13.1 Å². The second-order valence-corrected chi connectivity index (χ2v) is 5.56. The van der Waals surface area contributed by atoms with E-state index >= 15 is 0 Å². The monoisotopic (exact) mass is 356 g/mol. The first-order chi connectivity index (χ1) is 12.5. The fraction of sp³-hybridized carbons (Fsp3) is 0.211. The Morgan fingerprint density at radius 2 is 1.77 bits per heavy atom. The summed E-state index contributed by atoms with van der Waals surface area (Å²) in [6, 6.07) is 13.8. The van der Waals surface area contributed by atoms with Gasteiger partial charge in [0.15, 0.2) is 0 Å². The topological polar surface area (TPSA) is 119 Å². The molecule has 2 aromatic rings. The SMILES string of the molecule is NCc1ccc(C(=O)Oc2ccccc2)cc1CCNC(=O)CC(=O)O. The summed E-state index contributed by atoms with van der Waals surface area (Å²) in [5.74, 6) is -1.79. The molecule has 2 aromatic carbocycles. The van der Waals surface area contributed by atoms with Crippen LogP contribution < -0.4 is 15.8 Å². The Morgan fingerprint density at radius 3 is 2.42 bits per heavy atom. The predicted octanol–water partition coefficient (Wildman–Crippen LogP) is 1.50. The van der Waals surface area contributed by atoms with E-state index in [9.17, 15) is 14.4 Å². The molecular weight excluding hydrogens is 336 g/mol. The number of hydrogen-bond acceptors (Lipinski definition) is 5. The van der Waals surface area contributed by atoms with Crippen molar-refractivity contribution in [2.45, 2.75) is 19.4 Å². The van der Waals surface area contributed by atoms with Crippen LogP contribution in [0.2, 0.25) is 0 Å². The summed E-state index contributed by atoms with van der Waals surface area (Å²) in [6.45, 7) is 0.530. The maximum absolute atomic E-state index is 12.3. The van der Waals surface area contributed by atoms with Crippen LogP contribution >= 0.6 is 0 Å². The number of rotatable bonds is 8. The molecule has 0 spiro atoms. The van der Waals surface area contributed by atoms with Crippen LogP contribution in [0.3, 0.4) is 0 Å². The lowest BCUT2D eigenvalue weighted by molar-refractivity contribution is -0.140. The van der Waals surface area contributed by atoms with E-state index < -0.39 is 24.3 Å². The van der Waals surface area contributed by atoms with Crippen LogP contribution in [0, 0.1) is 0 Å². The maximum atomic E-state index is 12.3. The highest BCUT2D eigenvalue weighted by molar-refractivity contribution is 5.93. The number of nitrogens with two attached hydrogens (primary N) is 1. The number of amides is 1. The van der Waals surface area contributed by atoms with Gasteiger partial charge in [-0.05, 0) is 41.8 Å². The van der Waals surface area contributed by atoms with Gasteiger partial charge in [0.05, 0.1) is 5.56 Å². The molecule has 7 heteroatoms. The number of benzene rings is 2. The van der Waals surface area contributed by atoms with Crippen LogP contribution in [0.15, 0.2) is 48.5 Å². The van der Waals surface area contributed by atoms with Crippen LogP contribution in [0.4, 0.5) is 0 Å². The summed E-state index contributed by atoms with van der Waals surface area (Å²) in [5.41, 5.74) is 7.73. The van der Waals surface area contributed by atoms with E-state index in [0.29, 0.717) is 17.7 Å². The molecule has 0 unspecified atom stereocenters. The molecule has 0 aromatic heterocycles. The van der Waals surface area contributed by atoms with Gasteiger partial charge in [0.25, 0.3) is 0 Å². The Labute approximate surface area is 150 Å². The average molecular weight is 356 g/mol. The zero-order valence-corrected chi connectivity index (χ0v) is 14.1. The van der Waals surface area contributed by atoms with Crippen molar-refractivity contribution in [1.82, 2.24) is 5.32 Å². The van der Waals surface area contributed by atoms with E-state index in [1.54, 1.807) is 42.5 Å². The molecule has 136 valence electrons. The molecule has 0 bridgehead atoms. The Hall–Kier alpha value is -3.19. The van der Waals surface area contributed by atoms with E-state index in [-0.39, 0.29) is 13.1 Å². The predicted molar refractivity (Wildman–Crippen MR) is 94.7 cm³/mol. The molecule has 26 heavy (non-hydrogen) atoms. The van der Waals surface area contributed by atoms with Crippen molar-refractivity contribution in [3.63, 3.8) is 0 Å². The summed E-state index contributed by atoms with van der Waals surface area (Å²) >= 11 is 0. The van der Waals surface area contributed by atoms with Gasteiger partial charge < -0.3 is 20.9 Å². The third-order valence-corrected chi connectivity index (χ3v) is 3.64. The molecule has 0 saturated carbocycles. The first-order valence-corrected chi connectivity index (χ1v) is 8.07. The number of carboxylic acids is 1. The lowest BCUT2D eigenvalue weighted by atomic mass is 10.0. The molecular formula is C19H20N2O5. The van der Waals surface area contributed by atoms with Crippen molar-refractivity contribution in [3.8, 4) is 5.75 Å². The highest BCUT2D eigenvalue weighted by atomic mass is 16.5. The van der Waals surface area contributed by atoms with Gasteiger partial charge in [-0.2, -0.15) is 0 Å². The van der Waals surface area contributed by atoms with Crippen molar-refractivity contribution in [3.05, 3.63) is 65.2 Å². The van der Waals surface area contributed by atoms with Crippen LogP contribution in [-0.4, -0.2) is 29.5 Å². The first-order valence-electron chi connectivity index (χ1n) is 8.07. The molecule has 7 nitrogen and oxygen atoms in total. The zero-order chi connectivity index (χ0) is 18.9. The highest BCUT2D eigenvalue weighted by Gasteiger charge is 2.12. The van der Waals surface area contributed by atoms with Crippen LogP contribution in [0.25, 0.3) is 0 Å². The van der Waals surface area contributed by atoms with Gasteiger partial charge in [-0.1, -0.05) is 24.3 Å². The van der Waals surface area contributed by atoms with E-state index in [0.717, 1.165) is 11.1 Å². The summed E-state index contributed by atoms with van der Waals surface area (Å²) in [7, 11) is 0. The summed E-state index contributed by atoms with van der Waals surface area (Å²) in [6.07, 6.45) is -0.155. The fourth-order valence-electron chi connectivity index (χ4n) is 2.38. The molecule has 0 heterocycles. The first kappa shape index (κ1) is 19.1. The number of nitrogens with one attached hydrogen (secondary N) is 1. The minimum atomic E-state index is -1.18. The zero-order valence-electron chi connectivity index (χ0n) is 14.1. The van der Waals surface area contributed by atoms with Crippen molar-refractivity contribution in [2.24, 2.45) is 5.73 Å². The van der Waals surface area contributed by atoms with Crippen molar-refractivity contribution in [2.75, 3.05) is 6.54 Å². The molecule has 0 fully saturated rings. The van der Waals surface area contributed by atoms with Gasteiger partial charge in [0.1, 0.15) is 12.2 Å². The van der Waals surface area contributed by atoms with Crippen molar-refractivity contribution in [1.29, 1.82) is 0 Å². The number of carbonyl (C=O) groups excluding carboxylic acids is 2. The lowest BCUT2D eigenvalue weighted by Gasteiger charge is -2.11. The number of hydrogen-bond donors (Lipinski definition) is 3. The Balaban J connectivity index is 2.04. The van der Waals surface area contributed by atoms with Crippen molar-refractivity contribution < 1.29 is 24.2 Å². The van der Waals surface area contributed by atoms with Gasteiger partial charge in [0.2, 0.25) is 5.91 Å². The normalized spacial score (nSPS) is 10.2. The molecule has 0 aliphatic carbocycles. The number of carboxylic acid groups (broad SMARTS) is 1. The molecule has 4 N–H and O–H groups in total. The summed E-state index contributed by atoms with van der Waals surface area (Å²) < 4.78 is 5.31. The quantitative estimate of drug-likeness (QED) is 0.375. The van der Waals surface area contributed by atoms with E-state index in [1.165, 1.54) is 0 Å². The number of esters is 1. The number of ether oxygens (including phenoxy) is 1. The Kier molecular flexibility index (Phi) is 6.87. The summed E-state index contributed by atoms with van der Waals surface area (Å²) in [5, 5.41) is 11.1. The van der Waals surface area contributed by atoms with Gasteiger partial charge in [-0.3, -0.25) is 9.59 Å². The van der Waals surface area contributed by atoms with Gasteiger partial charge in [-0.15, -0.1) is 0 Å². The fourth-order valence-corrected chi connectivity index (χ4v) is 2.38. The largest absolute Gasteiger partial charge is 0.481 e. The molecule has 0 aliphatic heterocycles. The van der Waals surface area contributed by atoms with Crippen LogP contribution in [0.1, 0.15) is 27.9 Å². The third-order valence-electron chi connectivity index (χ3n) is 3.64. The molecule has 0 saturated heterocycles. The van der Waals surface area contributed by atoms with Crippen molar-refractivity contribution >= 4 is 17.8 Å². The Morgan fingerprint density at radius 1 is 1.04 bits per heavy atom. The second-order valence-electron chi connectivity index (χ2n) is 5.56. The maximum Gasteiger partial charge on any atom is 0.343 e. The standard InChI is InChI=1S/C19H20N2O5/c20-12-15-7-6-14(19(25)26-16-4-2-1-3-5-16)10-13(15)8-9-21-17(22)11-18(23)24/h1-7,10H,8-9,11-12,20H2,(H,21,22)(H,23,24). The second kappa shape index (κ2) is 9.33. The molecule has 2 rings (SSSR count). The van der Waals surface area contributed by atoms with E-state index in [1.807, 2.05) is 6.07 Å². The number of carbonyl (C=O) groups is 3. The number of para-hydroxylation sites is 1. The molecule has 0 aliphatic rings. The van der Waals surface area contributed by atoms with Crippen LogP contribution in [-0.2, 0) is 22.6 Å². The minimum absolute atomic E-state index is 0.246. The highest BCUT2D eigenvalue weighted by Crippen LogP contribution is 2.16. The van der Waals surface area contributed by atoms with Crippen LogP contribution in [0.5, 0.6) is 5.75 Å². The smallest absolute Gasteiger partial charge is 0.343 e. The Bertz CT molecular complexity index is 790. The van der Waals surface area contributed by atoms with Gasteiger partial charge >= 0.3 is 11.9 Å². The lowest BCUT2D eigenvalue weighted by Crippen LogP contribution is -2.28. The molecule has 0 radical (unpaired) electrons. The molecule has 0 atom stereocenters. The van der Waals surface area contributed by atoms with E-state index in [4.69, 9.17) is 15.6 Å².